The van der Waals surface area contributed by atoms with Crippen LogP contribution in [0.3, 0.4) is 0 Å². The van der Waals surface area contributed by atoms with Gasteiger partial charge >= 0.3 is 0 Å². The maximum absolute atomic E-state index is 9.45. The van der Waals surface area contributed by atoms with Crippen LogP contribution in [0.2, 0.25) is 10.0 Å². The van der Waals surface area contributed by atoms with E-state index < -0.39 is 0 Å². The summed E-state index contributed by atoms with van der Waals surface area (Å²) in [6, 6.07) is 13.9. The Hall–Kier alpha value is -1.52. The molecule has 0 amide bonds. The summed E-state index contributed by atoms with van der Waals surface area (Å²) in [5.41, 5.74) is 3.07. The number of halogens is 2. The fraction of sp³-hybridized carbons (Fsp3) is 0.300. The van der Waals surface area contributed by atoms with Crippen LogP contribution < -0.4 is 5.32 Å². The van der Waals surface area contributed by atoms with Crippen LogP contribution in [0.25, 0.3) is 10.9 Å². The first-order chi connectivity index (χ1) is 11.9. The SMILES string of the molecule is CC(C)(CO)NCc1cn(Cc2ccc(Cl)cc2Cl)c2ccccc12. The second-order valence-electron chi connectivity index (χ2n) is 6.93. The number of aliphatic hydroxyl groups excluding tert-OH is 1. The molecule has 2 N–H and O–H groups in total. The molecule has 0 bridgehead atoms. The normalized spacial score (nSPS) is 12.0. The summed E-state index contributed by atoms with van der Waals surface area (Å²) in [4.78, 5) is 0. The number of benzene rings is 2. The van der Waals surface area contributed by atoms with Gasteiger partial charge in [0, 0.05) is 45.8 Å². The molecule has 5 heteroatoms. The molecule has 0 aliphatic heterocycles. The van der Waals surface area contributed by atoms with Gasteiger partial charge in [0.05, 0.1) is 6.61 Å². The van der Waals surface area contributed by atoms with Gasteiger partial charge in [0.2, 0.25) is 0 Å². The maximum Gasteiger partial charge on any atom is 0.0607 e. The molecule has 0 atom stereocenters. The van der Waals surface area contributed by atoms with Crippen molar-refractivity contribution >= 4 is 34.1 Å². The van der Waals surface area contributed by atoms with Gasteiger partial charge in [-0.2, -0.15) is 0 Å². The number of aliphatic hydroxyl groups is 1. The van der Waals surface area contributed by atoms with Crippen molar-refractivity contribution in [1.29, 1.82) is 0 Å². The summed E-state index contributed by atoms with van der Waals surface area (Å²) in [5.74, 6) is 0. The fourth-order valence-electron chi connectivity index (χ4n) is 2.82. The highest BCUT2D eigenvalue weighted by molar-refractivity contribution is 6.35. The Morgan fingerprint density at radius 3 is 2.56 bits per heavy atom. The lowest BCUT2D eigenvalue weighted by molar-refractivity contribution is 0.187. The predicted molar refractivity (Wildman–Crippen MR) is 106 cm³/mol. The fourth-order valence-corrected chi connectivity index (χ4v) is 3.29. The highest BCUT2D eigenvalue weighted by atomic mass is 35.5. The van der Waals surface area contributed by atoms with Gasteiger partial charge in [-0.25, -0.2) is 0 Å². The molecule has 1 heterocycles. The lowest BCUT2D eigenvalue weighted by Gasteiger charge is -2.23. The Labute approximate surface area is 158 Å². The Kier molecular flexibility index (Phi) is 5.40. The summed E-state index contributed by atoms with van der Waals surface area (Å²) in [6.07, 6.45) is 2.15. The zero-order chi connectivity index (χ0) is 18.0. The standard InChI is InChI=1S/C20H22Cl2N2O/c1-20(2,13-25)23-10-15-12-24(19-6-4-3-5-17(15)19)11-14-7-8-16(21)9-18(14)22/h3-9,12,23,25H,10-11,13H2,1-2H3. The van der Waals surface area contributed by atoms with Crippen molar-refractivity contribution in [3.05, 3.63) is 69.8 Å². The molecular formula is C20H22Cl2N2O. The van der Waals surface area contributed by atoms with Crippen molar-refractivity contribution in [1.82, 2.24) is 9.88 Å². The smallest absolute Gasteiger partial charge is 0.0607 e. The highest BCUT2D eigenvalue weighted by Crippen LogP contribution is 2.26. The van der Waals surface area contributed by atoms with Gasteiger partial charge in [0.1, 0.15) is 0 Å². The Balaban J connectivity index is 1.93. The minimum absolute atomic E-state index is 0.0893. The van der Waals surface area contributed by atoms with Gasteiger partial charge in [0.25, 0.3) is 0 Å². The van der Waals surface area contributed by atoms with Gasteiger partial charge in [-0.15, -0.1) is 0 Å². The number of nitrogens with one attached hydrogen (secondary N) is 1. The molecule has 0 aliphatic carbocycles. The third-order valence-corrected chi connectivity index (χ3v) is 4.97. The Bertz CT molecular complexity index is 887. The summed E-state index contributed by atoms with van der Waals surface area (Å²) < 4.78 is 2.20. The second-order valence-corrected chi connectivity index (χ2v) is 7.77. The topological polar surface area (TPSA) is 37.2 Å². The minimum Gasteiger partial charge on any atom is -0.394 e. The molecule has 1 aromatic heterocycles. The lowest BCUT2D eigenvalue weighted by atomic mass is 10.1. The molecule has 0 fully saturated rings. The van der Waals surface area contributed by atoms with Crippen LogP contribution in [0.15, 0.2) is 48.7 Å². The summed E-state index contributed by atoms with van der Waals surface area (Å²) in [6.45, 7) is 5.43. The monoisotopic (exact) mass is 376 g/mol. The molecular weight excluding hydrogens is 355 g/mol. The zero-order valence-electron chi connectivity index (χ0n) is 14.4. The molecule has 3 nitrogen and oxygen atoms in total. The average molecular weight is 377 g/mol. The van der Waals surface area contributed by atoms with E-state index in [1.165, 1.54) is 10.9 Å². The molecule has 0 radical (unpaired) electrons. The molecule has 3 rings (SSSR count). The molecule has 0 unspecified atom stereocenters. The van der Waals surface area contributed by atoms with Gasteiger partial charge in [-0.05, 0) is 43.2 Å². The minimum atomic E-state index is -0.317. The van der Waals surface area contributed by atoms with Crippen molar-refractivity contribution in [2.75, 3.05) is 6.61 Å². The lowest BCUT2D eigenvalue weighted by Crippen LogP contribution is -2.42. The highest BCUT2D eigenvalue weighted by Gasteiger charge is 2.17. The van der Waals surface area contributed by atoms with Gasteiger partial charge in [0.15, 0.2) is 0 Å². The first-order valence-corrected chi connectivity index (χ1v) is 9.02. The molecule has 0 saturated carbocycles. The van der Waals surface area contributed by atoms with E-state index in [2.05, 4.69) is 28.2 Å². The van der Waals surface area contributed by atoms with Crippen LogP contribution >= 0.6 is 23.2 Å². The summed E-state index contributed by atoms with van der Waals surface area (Å²) >= 11 is 12.3. The van der Waals surface area contributed by atoms with Crippen LogP contribution in [0.5, 0.6) is 0 Å². The third-order valence-electron chi connectivity index (χ3n) is 4.38. The second kappa shape index (κ2) is 7.38. The number of rotatable bonds is 6. The number of para-hydroxylation sites is 1. The predicted octanol–water partition coefficient (Wildman–Crippen LogP) is 4.86. The van der Waals surface area contributed by atoms with Crippen molar-refractivity contribution in [3.8, 4) is 0 Å². The van der Waals surface area contributed by atoms with E-state index in [1.54, 1.807) is 6.07 Å². The van der Waals surface area contributed by atoms with E-state index >= 15 is 0 Å². The maximum atomic E-state index is 9.45. The molecule has 3 aromatic rings. The molecule has 0 saturated heterocycles. The van der Waals surface area contributed by atoms with E-state index in [0.717, 1.165) is 11.1 Å². The van der Waals surface area contributed by atoms with E-state index in [9.17, 15) is 5.11 Å². The summed E-state index contributed by atoms with van der Waals surface area (Å²) in [5, 5.41) is 15.4. The van der Waals surface area contributed by atoms with Gasteiger partial charge < -0.3 is 15.0 Å². The van der Waals surface area contributed by atoms with Crippen LogP contribution in [0.4, 0.5) is 0 Å². The first-order valence-electron chi connectivity index (χ1n) is 8.26. The van der Waals surface area contributed by atoms with E-state index in [0.29, 0.717) is 23.1 Å². The van der Waals surface area contributed by atoms with Gasteiger partial charge in [-0.1, -0.05) is 47.5 Å². The van der Waals surface area contributed by atoms with E-state index in [-0.39, 0.29) is 12.1 Å². The quantitative estimate of drug-likeness (QED) is 0.644. The third kappa shape index (κ3) is 4.18. The first kappa shape index (κ1) is 18.3. The zero-order valence-corrected chi connectivity index (χ0v) is 15.9. The van der Waals surface area contributed by atoms with Crippen LogP contribution in [0, 0.1) is 0 Å². The number of nitrogens with zero attached hydrogens (tertiary/aromatic N) is 1. The van der Waals surface area contributed by atoms with Crippen LogP contribution in [0.1, 0.15) is 25.0 Å². The number of hydrogen-bond donors (Lipinski definition) is 2. The molecule has 0 spiro atoms. The number of aromatic nitrogens is 1. The van der Waals surface area contributed by atoms with Crippen molar-refractivity contribution < 1.29 is 5.11 Å². The van der Waals surface area contributed by atoms with Crippen LogP contribution in [-0.2, 0) is 13.1 Å². The Morgan fingerprint density at radius 2 is 1.84 bits per heavy atom. The van der Waals surface area contributed by atoms with E-state index in [4.69, 9.17) is 23.2 Å². The van der Waals surface area contributed by atoms with Gasteiger partial charge in [-0.3, -0.25) is 0 Å². The average Bonchev–Trinajstić information content (AvgIpc) is 2.94. The Morgan fingerprint density at radius 1 is 1.08 bits per heavy atom. The molecule has 132 valence electrons. The van der Waals surface area contributed by atoms with E-state index in [1.807, 2.05) is 38.1 Å². The van der Waals surface area contributed by atoms with Crippen molar-refractivity contribution in [3.63, 3.8) is 0 Å². The molecule has 0 aliphatic rings. The summed E-state index contributed by atoms with van der Waals surface area (Å²) in [7, 11) is 0. The van der Waals surface area contributed by atoms with Crippen molar-refractivity contribution in [2.24, 2.45) is 0 Å². The van der Waals surface area contributed by atoms with Crippen LogP contribution in [-0.4, -0.2) is 21.8 Å². The number of hydrogen-bond acceptors (Lipinski definition) is 2. The largest absolute Gasteiger partial charge is 0.394 e. The number of fused-ring (bicyclic) bond motifs is 1. The molecule has 2 aromatic carbocycles. The molecule has 25 heavy (non-hydrogen) atoms. The van der Waals surface area contributed by atoms with Crippen molar-refractivity contribution in [2.45, 2.75) is 32.5 Å².